The van der Waals surface area contributed by atoms with E-state index in [0.717, 1.165) is 0 Å². The summed E-state index contributed by atoms with van der Waals surface area (Å²) in [6.45, 7) is 1.21. The number of nitrogens with zero attached hydrogens (tertiary/aromatic N) is 1. The summed E-state index contributed by atoms with van der Waals surface area (Å²) in [6.07, 6.45) is 4.81. The van der Waals surface area contributed by atoms with E-state index in [9.17, 15) is 0 Å². The van der Waals surface area contributed by atoms with Crippen molar-refractivity contribution in [2.75, 3.05) is 13.6 Å². The van der Waals surface area contributed by atoms with Crippen LogP contribution in [0.15, 0.2) is 36.0 Å². The van der Waals surface area contributed by atoms with E-state index in [2.05, 4.69) is 48.4 Å². The van der Waals surface area contributed by atoms with Crippen LogP contribution in [0.3, 0.4) is 0 Å². The van der Waals surface area contributed by atoms with E-state index in [0.29, 0.717) is 0 Å². The van der Waals surface area contributed by atoms with Crippen molar-refractivity contribution in [3.63, 3.8) is 0 Å². The Hall–Kier alpha value is -1.24. The number of benzene rings is 1. The van der Waals surface area contributed by atoms with Crippen molar-refractivity contribution in [3.8, 4) is 0 Å². The van der Waals surface area contributed by atoms with Crippen LogP contribution in [0, 0.1) is 0 Å². The van der Waals surface area contributed by atoms with Gasteiger partial charge in [-0.3, -0.25) is 0 Å². The summed E-state index contributed by atoms with van der Waals surface area (Å²) in [6, 6.07) is 10.5. The number of rotatable bonds is 1. The molecule has 68 valence electrons. The van der Waals surface area contributed by atoms with E-state index in [1.807, 2.05) is 0 Å². The minimum atomic E-state index is 1.21. The Balaban J connectivity index is 2.20. The molecule has 2 rings (SSSR count). The van der Waals surface area contributed by atoms with Crippen LogP contribution in [-0.4, -0.2) is 18.5 Å². The molecule has 1 nitrogen and oxygen atoms in total. The molecule has 1 fully saturated rings. The van der Waals surface area contributed by atoms with Crippen molar-refractivity contribution in [1.82, 2.24) is 4.90 Å². The fraction of sp³-hybridized carbons (Fsp3) is 0.333. The molecule has 0 N–H and O–H groups in total. The predicted octanol–water partition coefficient (Wildman–Crippen LogP) is 2.75. The minimum Gasteiger partial charge on any atom is -0.378 e. The van der Waals surface area contributed by atoms with Gasteiger partial charge in [-0.25, -0.2) is 0 Å². The van der Waals surface area contributed by atoms with Crippen molar-refractivity contribution >= 4 is 6.08 Å². The SMILES string of the molecule is CN1CCC/C1=C/c1ccccc1. The highest BCUT2D eigenvalue weighted by atomic mass is 15.1. The Morgan fingerprint density at radius 2 is 2.00 bits per heavy atom. The van der Waals surface area contributed by atoms with Crippen molar-refractivity contribution in [2.45, 2.75) is 12.8 Å². The predicted molar refractivity (Wildman–Crippen MR) is 56.3 cm³/mol. The van der Waals surface area contributed by atoms with Crippen molar-refractivity contribution < 1.29 is 0 Å². The highest BCUT2D eigenvalue weighted by Gasteiger charge is 2.11. The Bertz CT molecular complexity index is 300. The van der Waals surface area contributed by atoms with Gasteiger partial charge in [-0.15, -0.1) is 0 Å². The molecule has 0 unspecified atom stereocenters. The van der Waals surface area contributed by atoms with E-state index in [-0.39, 0.29) is 0 Å². The molecule has 1 aliphatic rings. The number of hydrogen-bond donors (Lipinski definition) is 0. The van der Waals surface area contributed by atoms with Crippen LogP contribution in [-0.2, 0) is 0 Å². The molecule has 1 saturated heterocycles. The Kier molecular flexibility index (Phi) is 2.35. The number of likely N-dealkylation sites (tertiary alicyclic amines) is 1. The molecule has 0 atom stereocenters. The standard InChI is InChI=1S/C12H15N/c1-13-9-5-8-12(13)10-11-6-3-2-4-7-11/h2-4,6-7,10H,5,8-9H2,1H3/b12-10-. The zero-order valence-electron chi connectivity index (χ0n) is 8.03. The third kappa shape index (κ3) is 1.92. The second-order valence-electron chi connectivity index (χ2n) is 3.57. The normalized spacial score (nSPS) is 19.8. The Labute approximate surface area is 79.7 Å². The lowest BCUT2D eigenvalue weighted by Crippen LogP contribution is -2.09. The molecule has 1 heteroatoms. The zero-order valence-corrected chi connectivity index (χ0v) is 8.03. The van der Waals surface area contributed by atoms with Gasteiger partial charge in [-0.2, -0.15) is 0 Å². The van der Waals surface area contributed by atoms with Gasteiger partial charge in [0.05, 0.1) is 0 Å². The molecule has 0 saturated carbocycles. The maximum Gasteiger partial charge on any atom is 0.0175 e. The summed E-state index contributed by atoms with van der Waals surface area (Å²) >= 11 is 0. The van der Waals surface area contributed by atoms with Crippen molar-refractivity contribution in [3.05, 3.63) is 41.6 Å². The van der Waals surface area contributed by atoms with Crippen molar-refractivity contribution in [2.24, 2.45) is 0 Å². The second kappa shape index (κ2) is 3.65. The van der Waals surface area contributed by atoms with E-state index >= 15 is 0 Å². The highest BCUT2D eigenvalue weighted by molar-refractivity contribution is 5.52. The van der Waals surface area contributed by atoms with E-state index in [4.69, 9.17) is 0 Å². The van der Waals surface area contributed by atoms with Gasteiger partial charge in [0.15, 0.2) is 0 Å². The lowest BCUT2D eigenvalue weighted by Gasteiger charge is -2.12. The quantitative estimate of drug-likeness (QED) is 0.631. The average Bonchev–Trinajstić information content (AvgIpc) is 2.54. The Morgan fingerprint density at radius 1 is 1.23 bits per heavy atom. The molecule has 0 aromatic heterocycles. The lowest BCUT2D eigenvalue weighted by molar-refractivity contribution is 0.484. The molecule has 1 aromatic carbocycles. The van der Waals surface area contributed by atoms with Crippen LogP contribution in [0.5, 0.6) is 0 Å². The smallest absolute Gasteiger partial charge is 0.0175 e. The van der Waals surface area contributed by atoms with E-state index < -0.39 is 0 Å². The first-order chi connectivity index (χ1) is 6.36. The topological polar surface area (TPSA) is 3.24 Å². The van der Waals surface area contributed by atoms with Crippen LogP contribution in [0.2, 0.25) is 0 Å². The molecule has 0 aliphatic carbocycles. The number of hydrogen-bond acceptors (Lipinski definition) is 1. The first-order valence-electron chi connectivity index (χ1n) is 4.83. The third-order valence-corrected chi connectivity index (χ3v) is 2.55. The summed E-state index contributed by atoms with van der Waals surface area (Å²) in [4.78, 5) is 2.34. The summed E-state index contributed by atoms with van der Waals surface area (Å²) in [5, 5.41) is 0. The molecule has 1 aromatic rings. The van der Waals surface area contributed by atoms with Gasteiger partial charge in [0, 0.05) is 19.3 Å². The maximum absolute atomic E-state index is 2.34. The van der Waals surface area contributed by atoms with Crippen LogP contribution in [0.4, 0.5) is 0 Å². The lowest BCUT2D eigenvalue weighted by atomic mass is 10.2. The first-order valence-corrected chi connectivity index (χ1v) is 4.83. The first kappa shape index (κ1) is 8.36. The van der Waals surface area contributed by atoms with E-state index in [1.165, 1.54) is 30.6 Å². The molecular weight excluding hydrogens is 158 g/mol. The molecule has 0 radical (unpaired) electrons. The molecule has 0 amide bonds. The molecule has 1 aliphatic heterocycles. The van der Waals surface area contributed by atoms with Gasteiger partial charge in [0.2, 0.25) is 0 Å². The van der Waals surface area contributed by atoms with Crippen LogP contribution in [0.25, 0.3) is 6.08 Å². The summed E-state index contributed by atoms with van der Waals surface area (Å²) in [5.41, 5.74) is 2.78. The zero-order chi connectivity index (χ0) is 9.10. The molecule has 0 spiro atoms. The molecule has 1 heterocycles. The molecule has 13 heavy (non-hydrogen) atoms. The Morgan fingerprint density at radius 3 is 2.62 bits per heavy atom. The van der Waals surface area contributed by atoms with Gasteiger partial charge in [-0.1, -0.05) is 30.3 Å². The van der Waals surface area contributed by atoms with Crippen LogP contribution < -0.4 is 0 Å². The fourth-order valence-electron chi connectivity index (χ4n) is 1.76. The molecular formula is C12H15N. The highest BCUT2D eigenvalue weighted by Crippen LogP contribution is 2.21. The summed E-state index contributed by atoms with van der Waals surface area (Å²) < 4.78 is 0. The van der Waals surface area contributed by atoms with Gasteiger partial charge in [0.1, 0.15) is 0 Å². The third-order valence-electron chi connectivity index (χ3n) is 2.55. The van der Waals surface area contributed by atoms with Crippen LogP contribution in [0.1, 0.15) is 18.4 Å². The van der Waals surface area contributed by atoms with Crippen LogP contribution >= 0.6 is 0 Å². The van der Waals surface area contributed by atoms with Gasteiger partial charge < -0.3 is 4.90 Å². The van der Waals surface area contributed by atoms with E-state index in [1.54, 1.807) is 0 Å². The minimum absolute atomic E-state index is 1.21. The fourth-order valence-corrected chi connectivity index (χ4v) is 1.76. The average molecular weight is 173 g/mol. The second-order valence-corrected chi connectivity index (χ2v) is 3.57. The monoisotopic (exact) mass is 173 g/mol. The van der Waals surface area contributed by atoms with Crippen molar-refractivity contribution in [1.29, 1.82) is 0 Å². The van der Waals surface area contributed by atoms with Gasteiger partial charge in [0.25, 0.3) is 0 Å². The molecule has 0 bridgehead atoms. The van der Waals surface area contributed by atoms with Gasteiger partial charge >= 0.3 is 0 Å². The summed E-state index contributed by atoms with van der Waals surface area (Å²) in [5.74, 6) is 0. The van der Waals surface area contributed by atoms with Gasteiger partial charge in [-0.05, 0) is 24.5 Å². The summed E-state index contributed by atoms with van der Waals surface area (Å²) in [7, 11) is 2.17. The largest absolute Gasteiger partial charge is 0.378 e. The maximum atomic E-state index is 2.34. The number of allylic oxidation sites excluding steroid dienone is 1.